The zero-order valence-corrected chi connectivity index (χ0v) is 17.4. The molecule has 30 heavy (non-hydrogen) atoms. The molecule has 0 bridgehead atoms. The van der Waals surface area contributed by atoms with Crippen molar-refractivity contribution in [1.82, 2.24) is 29.8 Å². The van der Waals surface area contributed by atoms with Crippen LogP contribution in [0, 0.1) is 6.92 Å². The molecule has 5 aromatic rings. The summed E-state index contributed by atoms with van der Waals surface area (Å²) in [6.07, 6.45) is 3.42. The maximum absolute atomic E-state index is 5.63. The first-order chi connectivity index (χ1) is 14.7. The average Bonchev–Trinajstić information content (AvgIpc) is 3.50. The van der Waals surface area contributed by atoms with Gasteiger partial charge in [-0.25, -0.2) is 14.5 Å². The SMILES string of the molecule is COc1cccc(OC)c1-c1nc(-c2c(C)nn3ccccc23)sc1-c1ncn[nH]1. The molecule has 9 heteroatoms. The summed E-state index contributed by atoms with van der Waals surface area (Å²) in [6.45, 7) is 1.99. The van der Waals surface area contributed by atoms with Gasteiger partial charge in [-0.05, 0) is 31.2 Å². The zero-order valence-electron chi connectivity index (χ0n) is 16.6. The van der Waals surface area contributed by atoms with E-state index in [2.05, 4.69) is 20.3 Å². The quantitative estimate of drug-likeness (QED) is 0.459. The number of pyridine rings is 1. The molecule has 0 radical (unpaired) electrons. The van der Waals surface area contributed by atoms with Gasteiger partial charge in [0.15, 0.2) is 5.82 Å². The van der Waals surface area contributed by atoms with Crippen LogP contribution in [0.25, 0.3) is 38.0 Å². The Morgan fingerprint density at radius 1 is 1.00 bits per heavy atom. The van der Waals surface area contributed by atoms with E-state index in [1.807, 2.05) is 54.0 Å². The number of nitrogens with one attached hydrogen (secondary N) is 1. The van der Waals surface area contributed by atoms with Gasteiger partial charge in [-0.15, -0.1) is 11.3 Å². The van der Waals surface area contributed by atoms with Crippen LogP contribution in [0.4, 0.5) is 0 Å². The molecule has 4 aromatic heterocycles. The van der Waals surface area contributed by atoms with Gasteiger partial charge < -0.3 is 9.47 Å². The molecule has 5 rings (SSSR count). The number of fused-ring (bicyclic) bond motifs is 1. The molecule has 8 nitrogen and oxygen atoms in total. The zero-order chi connectivity index (χ0) is 20.7. The minimum Gasteiger partial charge on any atom is -0.496 e. The van der Waals surface area contributed by atoms with Crippen LogP contribution < -0.4 is 9.47 Å². The molecule has 0 saturated carbocycles. The van der Waals surface area contributed by atoms with E-state index in [1.54, 1.807) is 14.2 Å². The maximum Gasteiger partial charge on any atom is 0.167 e. The van der Waals surface area contributed by atoms with Crippen LogP contribution in [0.5, 0.6) is 11.5 Å². The van der Waals surface area contributed by atoms with Crippen LogP contribution in [-0.2, 0) is 0 Å². The minimum absolute atomic E-state index is 0.635. The van der Waals surface area contributed by atoms with E-state index in [1.165, 1.54) is 17.7 Å². The Morgan fingerprint density at radius 3 is 2.50 bits per heavy atom. The third-order valence-corrected chi connectivity index (χ3v) is 5.93. The smallest absolute Gasteiger partial charge is 0.167 e. The largest absolute Gasteiger partial charge is 0.496 e. The number of hydrogen-bond donors (Lipinski definition) is 1. The van der Waals surface area contributed by atoms with E-state index in [0.717, 1.165) is 37.9 Å². The second-order valence-corrected chi connectivity index (χ2v) is 7.56. The average molecular weight is 418 g/mol. The fraction of sp³-hybridized carbons (Fsp3) is 0.143. The van der Waals surface area contributed by atoms with Crippen molar-refractivity contribution >= 4 is 16.9 Å². The topological polar surface area (TPSA) is 90.2 Å². The Hall–Kier alpha value is -3.72. The number of methoxy groups -OCH3 is 2. The second-order valence-electron chi connectivity index (χ2n) is 6.56. The Labute approximate surface area is 176 Å². The van der Waals surface area contributed by atoms with Gasteiger partial charge in [0.2, 0.25) is 0 Å². The number of H-pyrrole nitrogens is 1. The second kappa shape index (κ2) is 7.27. The van der Waals surface area contributed by atoms with Crippen molar-refractivity contribution in [3.63, 3.8) is 0 Å². The molecule has 0 unspecified atom stereocenters. The lowest BCUT2D eigenvalue weighted by Gasteiger charge is -2.12. The molecule has 1 N–H and O–H groups in total. The molecular weight excluding hydrogens is 400 g/mol. The molecule has 150 valence electrons. The first-order valence-electron chi connectivity index (χ1n) is 9.23. The van der Waals surface area contributed by atoms with Crippen LogP contribution in [0.3, 0.4) is 0 Å². The van der Waals surface area contributed by atoms with Gasteiger partial charge in [0, 0.05) is 6.20 Å². The molecule has 0 aliphatic rings. The summed E-state index contributed by atoms with van der Waals surface area (Å²) in [7, 11) is 3.27. The minimum atomic E-state index is 0.635. The third-order valence-electron chi connectivity index (χ3n) is 4.85. The lowest BCUT2D eigenvalue weighted by Crippen LogP contribution is -1.94. The Morgan fingerprint density at radius 2 is 1.80 bits per heavy atom. The molecular formula is C21H18N6O2S. The standard InChI is InChI=1S/C21H18N6O2S/c1-12-16(13-7-4-5-10-27(13)26-12)21-24-18(19(30-21)20-22-11-23-25-20)17-14(28-2)8-6-9-15(17)29-3/h4-11H,1-3H3,(H,22,23,25). The molecule has 0 amide bonds. The Kier molecular flexibility index (Phi) is 4.44. The van der Waals surface area contributed by atoms with Gasteiger partial charge in [-0.3, -0.25) is 5.10 Å². The highest BCUT2D eigenvalue weighted by Gasteiger charge is 2.25. The highest BCUT2D eigenvalue weighted by Crippen LogP contribution is 2.46. The van der Waals surface area contributed by atoms with Gasteiger partial charge in [0.25, 0.3) is 0 Å². The van der Waals surface area contributed by atoms with Crippen LogP contribution in [0.1, 0.15) is 5.69 Å². The molecule has 0 atom stereocenters. The molecule has 0 spiro atoms. The van der Waals surface area contributed by atoms with Crippen LogP contribution in [0.15, 0.2) is 48.9 Å². The summed E-state index contributed by atoms with van der Waals surface area (Å²) in [6, 6.07) is 11.7. The van der Waals surface area contributed by atoms with Gasteiger partial charge in [-0.2, -0.15) is 10.2 Å². The molecule has 0 saturated heterocycles. The number of ether oxygens (including phenoxy) is 2. The van der Waals surface area contributed by atoms with Crippen LogP contribution in [0.2, 0.25) is 0 Å². The van der Waals surface area contributed by atoms with Gasteiger partial charge >= 0.3 is 0 Å². The maximum atomic E-state index is 5.63. The highest BCUT2D eigenvalue weighted by molar-refractivity contribution is 7.19. The van der Waals surface area contributed by atoms with Crippen molar-refractivity contribution in [2.24, 2.45) is 0 Å². The number of aromatic nitrogens is 6. The number of aryl methyl sites for hydroxylation is 1. The van der Waals surface area contributed by atoms with Crippen molar-refractivity contribution in [3.8, 4) is 44.0 Å². The van der Waals surface area contributed by atoms with Crippen molar-refractivity contribution < 1.29 is 9.47 Å². The van der Waals surface area contributed by atoms with E-state index in [9.17, 15) is 0 Å². The molecule has 0 fully saturated rings. The molecule has 1 aromatic carbocycles. The Balaban J connectivity index is 1.81. The number of rotatable bonds is 5. The van der Waals surface area contributed by atoms with Crippen molar-refractivity contribution in [2.45, 2.75) is 6.92 Å². The van der Waals surface area contributed by atoms with E-state index >= 15 is 0 Å². The number of benzene rings is 1. The lowest BCUT2D eigenvalue weighted by molar-refractivity contribution is 0.397. The molecule has 0 aliphatic carbocycles. The predicted molar refractivity (Wildman–Crippen MR) is 115 cm³/mol. The fourth-order valence-corrected chi connectivity index (χ4v) is 4.66. The van der Waals surface area contributed by atoms with E-state index < -0.39 is 0 Å². The van der Waals surface area contributed by atoms with E-state index in [0.29, 0.717) is 17.3 Å². The number of nitrogens with zero attached hydrogens (tertiary/aromatic N) is 5. The fourth-order valence-electron chi connectivity index (χ4n) is 3.54. The van der Waals surface area contributed by atoms with Gasteiger partial charge in [0.1, 0.15) is 28.5 Å². The van der Waals surface area contributed by atoms with Crippen LogP contribution >= 0.6 is 11.3 Å². The van der Waals surface area contributed by atoms with Gasteiger partial charge in [-0.1, -0.05) is 12.1 Å². The van der Waals surface area contributed by atoms with Crippen molar-refractivity contribution in [1.29, 1.82) is 0 Å². The lowest BCUT2D eigenvalue weighted by atomic mass is 10.1. The summed E-state index contributed by atoms with van der Waals surface area (Å²) in [4.78, 5) is 10.2. The molecule has 4 heterocycles. The van der Waals surface area contributed by atoms with E-state index in [-0.39, 0.29) is 0 Å². The summed E-state index contributed by atoms with van der Waals surface area (Å²) in [5, 5.41) is 12.4. The van der Waals surface area contributed by atoms with Crippen molar-refractivity contribution in [3.05, 3.63) is 54.6 Å². The Bertz CT molecular complexity index is 1320. The van der Waals surface area contributed by atoms with Crippen molar-refractivity contribution in [2.75, 3.05) is 14.2 Å². The monoisotopic (exact) mass is 418 g/mol. The first kappa shape index (κ1) is 18.3. The summed E-state index contributed by atoms with van der Waals surface area (Å²) in [5.41, 5.74) is 4.37. The third kappa shape index (κ3) is 2.82. The normalized spacial score (nSPS) is 11.2. The van der Waals surface area contributed by atoms with Gasteiger partial charge in [0.05, 0.1) is 41.4 Å². The van der Waals surface area contributed by atoms with Crippen LogP contribution in [-0.4, -0.2) is 44.0 Å². The summed E-state index contributed by atoms with van der Waals surface area (Å²) < 4.78 is 13.1. The van der Waals surface area contributed by atoms with E-state index in [4.69, 9.17) is 14.5 Å². The summed E-state index contributed by atoms with van der Waals surface area (Å²) in [5.74, 6) is 1.97. The summed E-state index contributed by atoms with van der Waals surface area (Å²) >= 11 is 1.53. The number of hydrogen-bond acceptors (Lipinski definition) is 7. The molecule has 0 aliphatic heterocycles. The number of aromatic amines is 1. The highest BCUT2D eigenvalue weighted by atomic mass is 32.1. The first-order valence-corrected chi connectivity index (χ1v) is 10.0. The number of thiazole rings is 1. The predicted octanol–water partition coefficient (Wildman–Crippen LogP) is 4.24.